The molecule has 2 nitrogen and oxygen atoms in total. The molecule has 2 aliphatic heterocycles. The van der Waals surface area contributed by atoms with Gasteiger partial charge in [-0.25, -0.2) is 0 Å². The number of ketones is 1. The van der Waals surface area contributed by atoms with Gasteiger partial charge in [0.15, 0.2) is 0 Å². The van der Waals surface area contributed by atoms with Crippen LogP contribution in [-0.4, -0.2) is 29.9 Å². The second-order valence-electron chi connectivity index (χ2n) is 3.57. The lowest BCUT2D eigenvalue weighted by Crippen LogP contribution is -2.46. The van der Waals surface area contributed by atoms with Gasteiger partial charge in [0.1, 0.15) is 5.78 Å². The lowest BCUT2D eigenvalue weighted by atomic mass is 9.86. The molecule has 0 radical (unpaired) electrons. The van der Waals surface area contributed by atoms with E-state index in [0.29, 0.717) is 17.7 Å². The third kappa shape index (κ3) is 1.67. The molecule has 0 aliphatic carbocycles. The highest BCUT2D eigenvalue weighted by molar-refractivity contribution is 7.99. The van der Waals surface area contributed by atoms with E-state index >= 15 is 0 Å². The Bertz CT molecular complexity index is 183. The summed E-state index contributed by atoms with van der Waals surface area (Å²) < 4.78 is 0. The first kappa shape index (κ1) is 8.57. The Morgan fingerprint density at radius 1 is 1.33 bits per heavy atom. The molecule has 0 aromatic heterocycles. The SMILES string of the molecule is O=C1CCNC2CCSCCC12. The van der Waals surface area contributed by atoms with Gasteiger partial charge in [0.2, 0.25) is 0 Å². The molecule has 2 atom stereocenters. The van der Waals surface area contributed by atoms with E-state index in [1.54, 1.807) is 0 Å². The van der Waals surface area contributed by atoms with Crippen LogP contribution in [0.3, 0.4) is 0 Å². The van der Waals surface area contributed by atoms with Gasteiger partial charge in [-0.2, -0.15) is 11.8 Å². The number of thioether (sulfide) groups is 1. The van der Waals surface area contributed by atoms with E-state index in [0.717, 1.165) is 19.4 Å². The quantitative estimate of drug-likeness (QED) is 0.612. The van der Waals surface area contributed by atoms with Crippen molar-refractivity contribution in [3.05, 3.63) is 0 Å². The normalized spacial score (nSPS) is 37.2. The molecule has 68 valence electrons. The third-order valence-electron chi connectivity index (χ3n) is 2.82. The average molecular weight is 185 g/mol. The molecule has 0 spiro atoms. The Hall–Kier alpha value is -0.0200. The van der Waals surface area contributed by atoms with Gasteiger partial charge in [0.25, 0.3) is 0 Å². The largest absolute Gasteiger partial charge is 0.313 e. The van der Waals surface area contributed by atoms with Crippen LogP contribution in [0, 0.1) is 5.92 Å². The minimum Gasteiger partial charge on any atom is -0.313 e. The molecule has 2 fully saturated rings. The summed E-state index contributed by atoms with van der Waals surface area (Å²) in [5.74, 6) is 3.24. The molecule has 0 saturated carbocycles. The Morgan fingerprint density at radius 3 is 3.08 bits per heavy atom. The minimum absolute atomic E-state index is 0.341. The van der Waals surface area contributed by atoms with Crippen molar-refractivity contribution >= 4 is 17.5 Å². The van der Waals surface area contributed by atoms with Gasteiger partial charge >= 0.3 is 0 Å². The number of nitrogens with one attached hydrogen (secondary N) is 1. The van der Waals surface area contributed by atoms with Gasteiger partial charge in [-0.1, -0.05) is 0 Å². The number of carbonyl (C=O) groups excluding carboxylic acids is 1. The van der Waals surface area contributed by atoms with E-state index in [4.69, 9.17) is 0 Å². The molecule has 1 N–H and O–H groups in total. The van der Waals surface area contributed by atoms with E-state index < -0.39 is 0 Å². The van der Waals surface area contributed by atoms with Crippen molar-refractivity contribution in [2.24, 2.45) is 5.92 Å². The van der Waals surface area contributed by atoms with Crippen LogP contribution in [0.4, 0.5) is 0 Å². The average Bonchev–Trinajstić information content (AvgIpc) is 2.30. The molecule has 0 aromatic carbocycles. The summed E-state index contributed by atoms with van der Waals surface area (Å²) in [4.78, 5) is 11.5. The molecule has 3 heteroatoms. The minimum atomic E-state index is 0.341. The molecule has 2 saturated heterocycles. The highest BCUT2D eigenvalue weighted by atomic mass is 32.2. The van der Waals surface area contributed by atoms with E-state index in [2.05, 4.69) is 5.32 Å². The van der Waals surface area contributed by atoms with Crippen molar-refractivity contribution in [1.29, 1.82) is 0 Å². The van der Waals surface area contributed by atoms with E-state index in [9.17, 15) is 4.79 Å². The molecule has 0 aromatic rings. The lowest BCUT2D eigenvalue weighted by molar-refractivity contribution is -0.125. The van der Waals surface area contributed by atoms with Crippen LogP contribution in [0.2, 0.25) is 0 Å². The van der Waals surface area contributed by atoms with Crippen molar-refractivity contribution < 1.29 is 4.79 Å². The molecule has 2 unspecified atom stereocenters. The summed E-state index contributed by atoms with van der Waals surface area (Å²) in [6.45, 7) is 0.907. The molecule has 2 heterocycles. The molecule has 0 bridgehead atoms. The fraction of sp³-hybridized carbons (Fsp3) is 0.889. The summed E-state index contributed by atoms with van der Waals surface area (Å²) >= 11 is 1.99. The van der Waals surface area contributed by atoms with Crippen LogP contribution < -0.4 is 5.32 Å². The zero-order chi connectivity index (χ0) is 8.39. The van der Waals surface area contributed by atoms with Crippen molar-refractivity contribution in [3.8, 4) is 0 Å². The number of rotatable bonds is 0. The van der Waals surface area contributed by atoms with Gasteiger partial charge in [-0.3, -0.25) is 4.79 Å². The molecule has 12 heavy (non-hydrogen) atoms. The highest BCUT2D eigenvalue weighted by Gasteiger charge is 2.31. The van der Waals surface area contributed by atoms with Crippen molar-refractivity contribution in [3.63, 3.8) is 0 Å². The Morgan fingerprint density at radius 2 is 2.17 bits per heavy atom. The monoisotopic (exact) mass is 185 g/mol. The topological polar surface area (TPSA) is 29.1 Å². The number of hydrogen-bond donors (Lipinski definition) is 1. The van der Waals surface area contributed by atoms with Crippen LogP contribution in [0.1, 0.15) is 19.3 Å². The number of carbonyl (C=O) groups is 1. The van der Waals surface area contributed by atoms with Gasteiger partial charge in [0.05, 0.1) is 0 Å². The second kappa shape index (κ2) is 3.79. The van der Waals surface area contributed by atoms with Gasteiger partial charge in [0, 0.05) is 24.9 Å². The molecular weight excluding hydrogens is 170 g/mol. The van der Waals surface area contributed by atoms with Crippen LogP contribution in [0.25, 0.3) is 0 Å². The number of piperidine rings is 1. The smallest absolute Gasteiger partial charge is 0.138 e. The van der Waals surface area contributed by atoms with Crippen molar-refractivity contribution in [2.75, 3.05) is 18.1 Å². The number of fused-ring (bicyclic) bond motifs is 1. The molecular formula is C9H15NOS. The van der Waals surface area contributed by atoms with Gasteiger partial charge < -0.3 is 5.32 Å². The fourth-order valence-electron chi connectivity index (χ4n) is 2.12. The first-order chi connectivity index (χ1) is 5.88. The Kier molecular flexibility index (Phi) is 2.71. The summed E-state index contributed by atoms with van der Waals surface area (Å²) in [7, 11) is 0. The molecule has 0 amide bonds. The van der Waals surface area contributed by atoms with Gasteiger partial charge in [-0.15, -0.1) is 0 Å². The predicted octanol–water partition coefficient (Wildman–Crippen LogP) is 1.06. The Labute approximate surface area is 77.5 Å². The summed E-state index contributed by atoms with van der Waals surface area (Å²) in [6.07, 6.45) is 3.04. The van der Waals surface area contributed by atoms with E-state index in [-0.39, 0.29) is 0 Å². The van der Waals surface area contributed by atoms with Crippen LogP contribution in [0.15, 0.2) is 0 Å². The maximum Gasteiger partial charge on any atom is 0.138 e. The highest BCUT2D eigenvalue weighted by Crippen LogP contribution is 2.26. The lowest BCUT2D eigenvalue weighted by Gasteiger charge is -2.29. The second-order valence-corrected chi connectivity index (χ2v) is 4.80. The van der Waals surface area contributed by atoms with Crippen LogP contribution >= 0.6 is 11.8 Å². The maximum absolute atomic E-state index is 11.5. The molecule has 2 aliphatic rings. The fourth-order valence-corrected chi connectivity index (χ4v) is 3.17. The zero-order valence-electron chi connectivity index (χ0n) is 7.21. The van der Waals surface area contributed by atoms with Crippen LogP contribution in [-0.2, 0) is 4.79 Å². The zero-order valence-corrected chi connectivity index (χ0v) is 8.03. The summed E-state index contributed by atoms with van der Waals surface area (Å²) in [5.41, 5.74) is 0. The first-order valence-corrected chi connectivity index (χ1v) is 5.87. The Balaban J connectivity index is 2.05. The van der Waals surface area contributed by atoms with Crippen LogP contribution in [0.5, 0.6) is 0 Å². The first-order valence-electron chi connectivity index (χ1n) is 4.72. The standard InChI is InChI=1S/C9H15NOS/c11-9-1-4-10-8-3-6-12-5-2-7(8)9/h7-8,10H,1-6H2. The summed E-state index contributed by atoms with van der Waals surface area (Å²) in [5, 5.41) is 3.46. The molecule has 2 rings (SSSR count). The number of Topliss-reactive ketones (excluding diaryl/α,β-unsaturated/α-hetero) is 1. The van der Waals surface area contributed by atoms with Crippen molar-refractivity contribution in [2.45, 2.75) is 25.3 Å². The summed E-state index contributed by atoms with van der Waals surface area (Å²) in [6, 6.07) is 0.501. The van der Waals surface area contributed by atoms with Gasteiger partial charge in [-0.05, 0) is 24.3 Å². The predicted molar refractivity (Wildman–Crippen MR) is 51.5 cm³/mol. The van der Waals surface area contributed by atoms with E-state index in [1.807, 2.05) is 11.8 Å². The maximum atomic E-state index is 11.5. The third-order valence-corrected chi connectivity index (χ3v) is 3.87. The van der Waals surface area contributed by atoms with Crippen molar-refractivity contribution in [1.82, 2.24) is 5.32 Å². The van der Waals surface area contributed by atoms with E-state index in [1.165, 1.54) is 17.9 Å². The number of hydrogen-bond acceptors (Lipinski definition) is 3.